The molecule has 0 atom stereocenters. The predicted molar refractivity (Wildman–Crippen MR) is 57.7 cm³/mol. The van der Waals surface area contributed by atoms with E-state index in [4.69, 9.17) is 0 Å². The van der Waals surface area contributed by atoms with Crippen molar-refractivity contribution in [1.82, 2.24) is 9.78 Å². The van der Waals surface area contributed by atoms with Gasteiger partial charge in [0.15, 0.2) is 0 Å². The molecule has 0 N–H and O–H groups in total. The number of aryl methyl sites for hydroxylation is 3. The van der Waals surface area contributed by atoms with E-state index in [1.165, 1.54) is 6.07 Å². The van der Waals surface area contributed by atoms with Gasteiger partial charge in [-0.3, -0.25) is 0 Å². The van der Waals surface area contributed by atoms with Crippen LogP contribution >= 0.6 is 0 Å². The third-order valence-corrected chi connectivity index (χ3v) is 2.41. The molecule has 0 spiro atoms. The quantitative estimate of drug-likeness (QED) is 0.698. The molecular weight excluding hydrogens is 191 g/mol. The maximum atomic E-state index is 13.4. The second kappa shape index (κ2) is 3.50. The van der Waals surface area contributed by atoms with Crippen LogP contribution in [0.25, 0.3) is 5.69 Å². The largest absolute Gasteiger partial charge is 0.238 e. The summed E-state index contributed by atoms with van der Waals surface area (Å²) in [5, 5.41) is 4.30. The highest BCUT2D eigenvalue weighted by Crippen LogP contribution is 2.15. The summed E-state index contributed by atoms with van der Waals surface area (Å²) in [7, 11) is 0. The Bertz CT molecular complexity index is 500. The zero-order valence-electron chi connectivity index (χ0n) is 9.08. The van der Waals surface area contributed by atoms with Crippen molar-refractivity contribution in [2.24, 2.45) is 0 Å². The van der Waals surface area contributed by atoms with Gasteiger partial charge >= 0.3 is 0 Å². The van der Waals surface area contributed by atoms with E-state index in [0.29, 0.717) is 5.56 Å². The van der Waals surface area contributed by atoms with Crippen molar-refractivity contribution in [2.75, 3.05) is 0 Å². The number of halogens is 1. The second-order valence-electron chi connectivity index (χ2n) is 3.77. The predicted octanol–water partition coefficient (Wildman–Crippen LogP) is 2.94. The Labute approximate surface area is 88.4 Å². The molecule has 0 bridgehead atoms. The van der Waals surface area contributed by atoms with Crippen molar-refractivity contribution in [3.05, 3.63) is 47.0 Å². The molecule has 3 heteroatoms. The van der Waals surface area contributed by atoms with E-state index in [1.54, 1.807) is 17.7 Å². The molecule has 0 aliphatic heterocycles. The van der Waals surface area contributed by atoms with E-state index in [-0.39, 0.29) is 5.82 Å². The van der Waals surface area contributed by atoms with E-state index < -0.39 is 0 Å². The highest BCUT2D eigenvalue weighted by atomic mass is 19.1. The number of benzene rings is 1. The van der Waals surface area contributed by atoms with Crippen LogP contribution in [0.4, 0.5) is 4.39 Å². The third kappa shape index (κ3) is 1.77. The first-order valence-electron chi connectivity index (χ1n) is 4.88. The summed E-state index contributed by atoms with van der Waals surface area (Å²) < 4.78 is 15.1. The highest BCUT2D eigenvalue weighted by Gasteiger charge is 2.05. The first-order valence-corrected chi connectivity index (χ1v) is 4.88. The lowest BCUT2D eigenvalue weighted by Crippen LogP contribution is -2.00. The van der Waals surface area contributed by atoms with Gasteiger partial charge in [0.1, 0.15) is 5.82 Å². The number of aromatic nitrogens is 2. The molecule has 0 amide bonds. The number of rotatable bonds is 1. The molecule has 1 heterocycles. The molecular formula is C12H13FN2. The summed E-state index contributed by atoms with van der Waals surface area (Å²) in [5.74, 6) is -0.194. The fourth-order valence-corrected chi connectivity index (χ4v) is 1.60. The number of hydrogen-bond donors (Lipinski definition) is 0. The molecule has 0 unspecified atom stereocenters. The average Bonchev–Trinajstić information content (AvgIpc) is 2.50. The van der Waals surface area contributed by atoms with Crippen molar-refractivity contribution < 1.29 is 4.39 Å². The van der Waals surface area contributed by atoms with Crippen LogP contribution in [-0.4, -0.2) is 9.78 Å². The molecule has 1 aromatic heterocycles. The van der Waals surface area contributed by atoms with E-state index >= 15 is 0 Å². The minimum absolute atomic E-state index is 0.194. The van der Waals surface area contributed by atoms with E-state index in [1.807, 2.05) is 26.0 Å². The molecule has 0 aliphatic carbocycles. The Hall–Kier alpha value is -1.64. The number of nitrogens with zero attached hydrogens (tertiary/aromatic N) is 2. The van der Waals surface area contributed by atoms with Gasteiger partial charge in [0.2, 0.25) is 0 Å². The van der Waals surface area contributed by atoms with Gasteiger partial charge in [-0.05, 0) is 44.5 Å². The summed E-state index contributed by atoms with van der Waals surface area (Å²) in [6.07, 6.45) is 0. The Morgan fingerprint density at radius 2 is 1.87 bits per heavy atom. The van der Waals surface area contributed by atoms with Crippen molar-refractivity contribution in [3.8, 4) is 5.69 Å². The molecule has 0 aliphatic rings. The molecule has 2 aromatic rings. The molecule has 0 saturated carbocycles. The summed E-state index contributed by atoms with van der Waals surface area (Å²) >= 11 is 0. The minimum Gasteiger partial charge on any atom is -0.238 e. The van der Waals surface area contributed by atoms with Crippen LogP contribution in [0.2, 0.25) is 0 Å². The van der Waals surface area contributed by atoms with Crippen molar-refractivity contribution >= 4 is 0 Å². The lowest BCUT2D eigenvalue weighted by Gasteiger charge is -2.05. The van der Waals surface area contributed by atoms with Gasteiger partial charge in [-0.1, -0.05) is 6.07 Å². The minimum atomic E-state index is -0.194. The topological polar surface area (TPSA) is 17.8 Å². The van der Waals surface area contributed by atoms with Gasteiger partial charge < -0.3 is 0 Å². The summed E-state index contributed by atoms with van der Waals surface area (Å²) in [6.45, 7) is 5.63. The first kappa shape index (κ1) is 9.90. The van der Waals surface area contributed by atoms with Crippen LogP contribution in [0.15, 0.2) is 24.3 Å². The Balaban J connectivity index is 2.54. The molecule has 0 radical (unpaired) electrons. The molecule has 2 rings (SSSR count). The van der Waals surface area contributed by atoms with E-state index in [9.17, 15) is 4.39 Å². The van der Waals surface area contributed by atoms with Crippen LogP contribution in [0.5, 0.6) is 0 Å². The molecule has 0 fully saturated rings. The van der Waals surface area contributed by atoms with Crippen molar-refractivity contribution in [1.29, 1.82) is 0 Å². The van der Waals surface area contributed by atoms with Gasteiger partial charge in [-0.25, -0.2) is 9.07 Å². The third-order valence-electron chi connectivity index (χ3n) is 2.41. The fourth-order valence-electron chi connectivity index (χ4n) is 1.60. The zero-order valence-corrected chi connectivity index (χ0v) is 9.08. The number of hydrogen-bond acceptors (Lipinski definition) is 1. The van der Waals surface area contributed by atoms with Gasteiger partial charge in [0.25, 0.3) is 0 Å². The molecule has 15 heavy (non-hydrogen) atoms. The fraction of sp³-hybridized carbons (Fsp3) is 0.250. The standard InChI is InChI=1S/C12H13FN2/c1-8-4-5-11(7-12(8)13)15-10(3)6-9(2)14-15/h4-7H,1-3H3. The SMILES string of the molecule is Cc1cc(C)n(-c2ccc(C)c(F)c2)n1. The molecule has 78 valence electrons. The zero-order chi connectivity index (χ0) is 11.0. The van der Waals surface area contributed by atoms with Crippen molar-refractivity contribution in [2.45, 2.75) is 20.8 Å². The van der Waals surface area contributed by atoms with Gasteiger partial charge in [0, 0.05) is 5.69 Å². The maximum Gasteiger partial charge on any atom is 0.128 e. The average molecular weight is 204 g/mol. The Kier molecular flexibility index (Phi) is 2.31. The normalized spacial score (nSPS) is 10.7. The Morgan fingerprint density at radius 1 is 1.13 bits per heavy atom. The van der Waals surface area contributed by atoms with Gasteiger partial charge in [0.05, 0.1) is 11.4 Å². The van der Waals surface area contributed by atoms with Crippen LogP contribution in [0, 0.1) is 26.6 Å². The molecule has 0 saturated heterocycles. The summed E-state index contributed by atoms with van der Waals surface area (Å²) in [6, 6.07) is 7.12. The lowest BCUT2D eigenvalue weighted by atomic mass is 10.2. The first-order chi connectivity index (χ1) is 7.08. The second-order valence-corrected chi connectivity index (χ2v) is 3.77. The smallest absolute Gasteiger partial charge is 0.128 e. The monoisotopic (exact) mass is 204 g/mol. The molecule has 1 aromatic carbocycles. The Morgan fingerprint density at radius 3 is 2.40 bits per heavy atom. The lowest BCUT2D eigenvalue weighted by molar-refractivity contribution is 0.615. The maximum absolute atomic E-state index is 13.4. The van der Waals surface area contributed by atoms with Crippen molar-refractivity contribution in [3.63, 3.8) is 0 Å². The summed E-state index contributed by atoms with van der Waals surface area (Å²) in [4.78, 5) is 0. The molecule has 2 nitrogen and oxygen atoms in total. The van der Waals surface area contributed by atoms with Crippen LogP contribution in [-0.2, 0) is 0 Å². The van der Waals surface area contributed by atoms with Gasteiger partial charge in [-0.15, -0.1) is 0 Å². The highest BCUT2D eigenvalue weighted by molar-refractivity contribution is 5.36. The van der Waals surface area contributed by atoms with Crippen LogP contribution in [0.1, 0.15) is 17.0 Å². The van der Waals surface area contributed by atoms with E-state index in [0.717, 1.165) is 17.1 Å². The summed E-state index contributed by atoms with van der Waals surface area (Å²) in [5.41, 5.74) is 3.37. The van der Waals surface area contributed by atoms with Gasteiger partial charge in [-0.2, -0.15) is 5.10 Å². The van der Waals surface area contributed by atoms with Crippen LogP contribution < -0.4 is 0 Å². The van der Waals surface area contributed by atoms with Crippen LogP contribution in [0.3, 0.4) is 0 Å². The van der Waals surface area contributed by atoms with E-state index in [2.05, 4.69) is 5.10 Å².